The Labute approximate surface area is 158 Å². The molecule has 0 aliphatic carbocycles. The number of amides is 2. The van der Waals surface area contributed by atoms with E-state index >= 15 is 0 Å². The first kappa shape index (κ1) is 18.7. The maximum atomic E-state index is 12.3. The lowest BCUT2D eigenvalue weighted by Crippen LogP contribution is -2.37. The van der Waals surface area contributed by atoms with E-state index in [4.69, 9.17) is 16.3 Å². The predicted octanol–water partition coefficient (Wildman–Crippen LogP) is 3.83. The normalized spacial score (nSPS) is 16.6. The smallest absolute Gasteiger partial charge is 0.317 e. The third-order valence-corrected chi connectivity index (χ3v) is 4.92. The van der Waals surface area contributed by atoms with E-state index in [1.165, 1.54) is 0 Å². The van der Waals surface area contributed by atoms with Crippen LogP contribution < -0.4 is 5.32 Å². The summed E-state index contributed by atoms with van der Waals surface area (Å²) in [4.78, 5) is 14.0. The standard InChI is InChI=1S/C19H25ClN4O2/c1-24(10-2-4-17-5-3-11-26-17)19(25)21-12-15-13-22-23-18(15)14-6-8-16(20)9-7-14/h6-9,13,17H,2-5,10-12H2,1H3,(H,21,25)(H,22,23). The summed E-state index contributed by atoms with van der Waals surface area (Å²) >= 11 is 5.94. The van der Waals surface area contributed by atoms with Crippen LogP contribution in [-0.4, -0.2) is 47.4 Å². The van der Waals surface area contributed by atoms with Crippen LogP contribution in [0.15, 0.2) is 30.5 Å². The van der Waals surface area contributed by atoms with Crippen LogP contribution >= 0.6 is 11.6 Å². The van der Waals surface area contributed by atoms with Gasteiger partial charge in [-0.15, -0.1) is 0 Å². The molecule has 1 unspecified atom stereocenters. The average Bonchev–Trinajstić information content (AvgIpc) is 3.32. The second-order valence-electron chi connectivity index (χ2n) is 6.63. The van der Waals surface area contributed by atoms with Gasteiger partial charge < -0.3 is 15.0 Å². The SMILES string of the molecule is CN(CCCC1CCCO1)C(=O)NCc1cn[nH]c1-c1ccc(Cl)cc1. The Morgan fingerprint density at radius 1 is 1.42 bits per heavy atom. The number of carbonyl (C=O) groups is 1. The van der Waals surface area contributed by atoms with E-state index in [0.717, 1.165) is 55.7 Å². The fourth-order valence-corrected chi connectivity index (χ4v) is 3.27. The number of halogens is 1. The fraction of sp³-hybridized carbons (Fsp3) is 0.474. The minimum Gasteiger partial charge on any atom is -0.378 e. The van der Waals surface area contributed by atoms with Crippen LogP contribution in [0.4, 0.5) is 4.79 Å². The van der Waals surface area contributed by atoms with Crippen molar-refractivity contribution in [1.82, 2.24) is 20.4 Å². The number of ether oxygens (including phenoxy) is 1. The van der Waals surface area contributed by atoms with Gasteiger partial charge in [0.1, 0.15) is 0 Å². The largest absolute Gasteiger partial charge is 0.378 e. The number of carbonyl (C=O) groups excluding carboxylic acids is 1. The maximum Gasteiger partial charge on any atom is 0.317 e. The molecule has 0 bridgehead atoms. The molecule has 0 spiro atoms. The van der Waals surface area contributed by atoms with E-state index in [0.29, 0.717) is 17.7 Å². The van der Waals surface area contributed by atoms with Gasteiger partial charge in [0, 0.05) is 37.3 Å². The number of hydrogen-bond donors (Lipinski definition) is 2. The zero-order valence-electron chi connectivity index (χ0n) is 15.0. The number of urea groups is 1. The molecule has 0 radical (unpaired) electrons. The number of H-pyrrole nitrogens is 1. The fourth-order valence-electron chi connectivity index (χ4n) is 3.15. The molecule has 2 amide bonds. The van der Waals surface area contributed by atoms with Crippen LogP contribution in [0.5, 0.6) is 0 Å². The highest BCUT2D eigenvalue weighted by atomic mass is 35.5. The molecule has 2 N–H and O–H groups in total. The van der Waals surface area contributed by atoms with Crippen LogP contribution in [0.2, 0.25) is 5.02 Å². The molecule has 7 heteroatoms. The van der Waals surface area contributed by atoms with Crippen LogP contribution in [0.3, 0.4) is 0 Å². The minimum absolute atomic E-state index is 0.0828. The van der Waals surface area contributed by atoms with Crippen LogP contribution in [-0.2, 0) is 11.3 Å². The first-order chi connectivity index (χ1) is 12.6. The molecule has 26 heavy (non-hydrogen) atoms. The van der Waals surface area contributed by atoms with Gasteiger partial charge in [-0.1, -0.05) is 23.7 Å². The second-order valence-corrected chi connectivity index (χ2v) is 7.07. The molecule has 1 atom stereocenters. The molecule has 1 aromatic heterocycles. The van der Waals surface area contributed by atoms with E-state index in [-0.39, 0.29) is 6.03 Å². The summed E-state index contributed by atoms with van der Waals surface area (Å²) in [5.74, 6) is 0. The molecule has 1 aliphatic heterocycles. The highest BCUT2D eigenvalue weighted by Crippen LogP contribution is 2.23. The average molecular weight is 377 g/mol. The third-order valence-electron chi connectivity index (χ3n) is 4.67. The Balaban J connectivity index is 1.47. The topological polar surface area (TPSA) is 70.2 Å². The maximum absolute atomic E-state index is 12.3. The van der Waals surface area contributed by atoms with Gasteiger partial charge in [0.15, 0.2) is 0 Å². The summed E-state index contributed by atoms with van der Waals surface area (Å²) in [5, 5.41) is 10.7. The molecule has 6 nitrogen and oxygen atoms in total. The predicted molar refractivity (Wildman–Crippen MR) is 102 cm³/mol. The number of benzene rings is 1. The number of aromatic nitrogens is 2. The summed E-state index contributed by atoms with van der Waals surface area (Å²) in [6.45, 7) is 2.02. The number of rotatable bonds is 7. The second kappa shape index (κ2) is 9.05. The first-order valence-electron chi connectivity index (χ1n) is 9.02. The van der Waals surface area contributed by atoms with Gasteiger partial charge in [-0.2, -0.15) is 5.10 Å². The lowest BCUT2D eigenvalue weighted by atomic mass is 10.1. The van der Waals surface area contributed by atoms with Crippen LogP contribution in [0, 0.1) is 0 Å². The van der Waals surface area contributed by atoms with Gasteiger partial charge in [-0.05, 0) is 43.4 Å². The molecule has 2 aromatic rings. The summed E-state index contributed by atoms with van der Waals surface area (Å²) in [5.41, 5.74) is 2.82. The van der Waals surface area contributed by atoms with E-state index in [2.05, 4.69) is 15.5 Å². The van der Waals surface area contributed by atoms with Crippen molar-refractivity contribution in [2.24, 2.45) is 0 Å². The van der Waals surface area contributed by atoms with Crippen LogP contribution in [0.1, 0.15) is 31.2 Å². The highest BCUT2D eigenvalue weighted by Gasteiger charge is 2.16. The summed E-state index contributed by atoms with van der Waals surface area (Å²) < 4.78 is 5.62. The number of aromatic amines is 1. The van der Waals surface area contributed by atoms with E-state index in [1.54, 1.807) is 11.1 Å². The highest BCUT2D eigenvalue weighted by molar-refractivity contribution is 6.30. The Bertz CT molecular complexity index is 711. The van der Waals surface area contributed by atoms with Crippen molar-refractivity contribution in [3.05, 3.63) is 41.0 Å². The molecule has 140 valence electrons. The van der Waals surface area contributed by atoms with Crippen molar-refractivity contribution >= 4 is 17.6 Å². The molecule has 1 fully saturated rings. The van der Waals surface area contributed by atoms with Gasteiger partial charge in [-0.25, -0.2) is 4.79 Å². The zero-order valence-corrected chi connectivity index (χ0v) is 15.8. The quantitative estimate of drug-likeness (QED) is 0.771. The monoisotopic (exact) mass is 376 g/mol. The van der Waals surface area contributed by atoms with Gasteiger partial charge in [0.2, 0.25) is 0 Å². The van der Waals surface area contributed by atoms with Crippen LogP contribution in [0.25, 0.3) is 11.3 Å². The number of nitrogens with one attached hydrogen (secondary N) is 2. The van der Waals surface area contributed by atoms with Gasteiger partial charge in [-0.3, -0.25) is 5.10 Å². The third kappa shape index (κ3) is 4.99. The molecule has 0 saturated carbocycles. The Morgan fingerprint density at radius 2 is 2.23 bits per heavy atom. The van der Waals surface area contributed by atoms with Crippen molar-refractivity contribution < 1.29 is 9.53 Å². The molecule has 1 aliphatic rings. The van der Waals surface area contributed by atoms with E-state index < -0.39 is 0 Å². The molecule has 1 saturated heterocycles. The van der Waals surface area contributed by atoms with E-state index in [9.17, 15) is 4.79 Å². The number of hydrogen-bond acceptors (Lipinski definition) is 3. The first-order valence-corrected chi connectivity index (χ1v) is 9.40. The Hall–Kier alpha value is -2.05. The van der Waals surface area contributed by atoms with Gasteiger partial charge >= 0.3 is 6.03 Å². The van der Waals surface area contributed by atoms with Crippen molar-refractivity contribution in [2.45, 2.75) is 38.3 Å². The molecular weight excluding hydrogens is 352 g/mol. The summed E-state index contributed by atoms with van der Waals surface area (Å²) in [7, 11) is 1.82. The Morgan fingerprint density at radius 3 is 2.96 bits per heavy atom. The minimum atomic E-state index is -0.0828. The van der Waals surface area contributed by atoms with Crippen molar-refractivity contribution in [1.29, 1.82) is 0 Å². The summed E-state index contributed by atoms with van der Waals surface area (Å²) in [6.07, 6.45) is 6.38. The lowest BCUT2D eigenvalue weighted by molar-refractivity contribution is 0.100. The molecule has 1 aromatic carbocycles. The molecule has 3 rings (SSSR count). The van der Waals surface area contributed by atoms with Gasteiger partial charge in [0.25, 0.3) is 0 Å². The Kier molecular flexibility index (Phi) is 6.52. The molecular formula is C19H25ClN4O2. The van der Waals surface area contributed by atoms with Gasteiger partial charge in [0.05, 0.1) is 18.0 Å². The van der Waals surface area contributed by atoms with Crippen molar-refractivity contribution in [3.8, 4) is 11.3 Å². The van der Waals surface area contributed by atoms with Crippen molar-refractivity contribution in [3.63, 3.8) is 0 Å². The zero-order chi connectivity index (χ0) is 18.4. The number of nitrogens with zero attached hydrogens (tertiary/aromatic N) is 2. The molecule has 2 heterocycles. The van der Waals surface area contributed by atoms with Crippen molar-refractivity contribution in [2.75, 3.05) is 20.2 Å². The summed E-state index contributed by atoms with van der Waals surface area (Å²) in [6, 6.07) is 7.45. The lowest BCUT2D eigenvalue weighted by Gasteiger charge is -2.19. The van der Waals surface area contributed by atoms with E-state index in [1.807, 2.05) is 31.3 Å².